The third kappa shape index (κ3) is 4.96. The van der Waals surface area contributed by atoms with Crippen molar-refractivity contribution >= 4 is 29.1 Å². The minimum atomic E-state index is -0.568. The van der Waals surface area contributed by atoms with Crippen molar-refractivity contribution in [1.82, 2.24) is 4.90 Å². The second-order valence-corrected chi connectivity index (χ2v) is 6.27. The van der Waals surface area contributed by atoms with Crippen LogP contribution in [0.3, 0.4) is 0 Å². The fourth-order valence-electron chi connectivity index (χ4n) is 2.62. The van der Waals surface area contributed by atoms with Gasteiger partial charge in [-0.05, 0) is 30.3 Å². The number of morpholine rings is 1. The fourth-order valence-corrected chi connectivity index (χ4v) is 2.80. The van der Waals surface area contributed by atoms with Crippen molar-refractivity contribution in [3.8, 4) is 5.75 Å². The summed E-state index contributed by atoms with van der Waals surface area (Å²) in [5, 5.41) is 2.48. The first-order valence-electron chi connectivity index (χ1n) is 8.38. The molecule has 0 aliphatic carbocycles. The van der Waals surface area contributed by atoms with Crippen LogP contribution in [0.25, 0.3) is 0 Å². The zero-order valence-electron chi connectivity index (χ0n) is 14.4. The van der Waals surface area contributed by atoms with E-state index in [2.05, 4.69) is 5.32 Å². The lowest BCUT2D eigenvalue weighted by atomic mass is 10.1. The fraction of sp³-hybridized carbons (Fsp3) is 0.263. The first kappa shape index (κ1) is 19.1. The van der Waals surface area contributed by atoms with Crippen LogP contribution in [-0.4, -0.2) is 49.6 Å². The zero-order chi connectivity index (χ0) is 19.2. The molecule has 0 aromatic heterocycles. The Morgan fingerprint density at radius 2 is 1.93 bits per heavy atom. The van der Waals surface area contributed by atoms with Gasteiger partial charge in [0, 0.05) is 18.8 Å². The minimum Gasteiger partial charge on any atom is -0.483 e. The number of hydrogen-bond donors (Lipinski definition) is 1. The van der Waals surface area contributed by atoms with Crippen molar-refractivity contribution in [2.45, 2.75) is 0 Å². The van der Waals surface area contributed by atoms with Gasteiger partial charge in [-0.2, -0.15) is 0 Å². The maximum absolute atomic E-state index is 13.2. The average Bonchev–Trinajstić information content (AvgIpc) is 2.69. The van der Waals surface area contributed by atoms with Crippen LogP contribution >= 0.6 is 11.6 Å². The van der Waals surface area contributed by atoms with E-state index in [1.165, 1.54) is 12.1 Å². The highest BCUT2D eigenvalue weighted by Crippen LogP contribution is 2.21. The van der Waals surface area contributed by atoms with Gasteiger partial charge in [-0.1, -0.05) is 23.7 Å². The number of ether oxygens (including phenoxy) is 2. The highest BCUT2D eigenvalue weighted by Gasteiger charge is 2.21. The van der Waals surface area contributed by atoms with Crippen LogP contribution < -0.4 is 10.1 Å². The van der Waals surface area contributed by atoms with E-state index in [1.807, 2.05) is 0 Å². The molecule has 6 nitrogen and oxygen atoms in total. The molecule has 0 spiro atoms. The molecule has 8 heteroatoms. The summed E-state index contributed by atoms with van der Waals surface area (Å²) in [6.07, 6.45) is 0. The number of amides is 2. The summed E-state index contributed by atoms with van der Waals surface area (Å²) >= 11 is 5.69. The van der Waals surface area contributed by atoms with E-state index >= 15 is 0 Å². The van der Waals surface area contributed by atoms with E-state index in [0.29, 0.717) is 43.3 Å². The van der Waals surface area contributed by atoms with Crippen LogP contribution in [0.2, 0.25) is 5.02 Å². The molecule has 2 aromatic rings. The highest BCUT2D eigenvalue weighted by atomic mass is 35.5. The highest BCUT2D eigenvalue weighted by molar-refractivity contribution is 6.31. The van der Waals surface area contributed by atoms with Gasteiger partial charge >= 0.3 is 0 Å². The maximum Gasteiger partial charge on any atom is 0.262 e. The monoisotopic (exact) mass is 392 g/mol. The third-order valence-electron chi connectivity index (χ3n) is 3.98. The Bertz CT molecular complexity index is 840. The Labute approximate surface area is 160 Å². The zero-order valence-corrected chi connectivity index (χ0v) is 15.2. The average molecular weight is 393 g/mol. The number of carbonyl (C=O) groups excluding carboxylic acids is 2. The molecule has 2 amide bonds. The van der Waals surface area contributed by atoms with Gasteiger partial charge in [0.15, 0.2) is 6.61 Å². The molecule has 1 aliphatic rings. The van der Waals surface area contributed by atoms with Gasteiger partial charge in [-0.15, -0.1) is 0 Å². The first-order valence-corrected chi connectivity index (χ1v) is 8.76. The number of anilines is 1. The summed E-state index contributed by atoms with van der Waals surface area (Å²) in [6, 6.07) is 10.6. The van der Waals surface area contributed by atoms with Gasteiger partial charge in [0.05, 0.1) is 23.8 Å². The van der Waals surface area contributed by atoms with Gasteiger partial charge in [0.1, 0.15) is 11.6 Å². The minimum absolute atomic E-state index is 0.0878. The van der Waals surface area contributed by atoms with E-state index < -0.39 is 11.7 Å². The molecule has 27 heavy (non-hydrogen) atoms. The number of benzene rings is 2. The van der Waals surface area contributed by atoms with Gasteiger partial charge in [0.25, 0.3) is 11.8 Å². The summed E-state index contributed by atoms with van der Waals surface area (Å²) in [6.45, 7) is 1.72. The lowest BCUT2D eigenvalue weighted by Gasteiger charge is -2.27. The van der Waals surface area contributed by atoms with Crippen molar-refractivity contribution in [3.05, 3.63) is 58.9 Å². The first-order chi connectivity index (χ1) is 13.0. The second-order valence-electron chi connectivity index (χ2n) is 5.87. The second kappa shape index (κ2) is 8.83. The number of rotatable bonds is 5. The van der Waals surface area contributed by atoms with Crippen LogP contribution in [0.1, 0.15) is 10.4 Å². The Balaban J connectivity index is 1.62. The lowest BCUT2D eigenvalue weighted by Crippen LogP contribution is -2.40. The lowest BCUT2D eigenvalue weighted by molar-refractivity contribution is -0.118. The number of carbonyl (C=O) groups is 2. The molecule has 1 heterocycles. The quantitative estimate of drug-likeness (QED) is 0.849. The topological polar surface area (TPSA) is 67.9 Å². The van der Waals surface area contributed by atoms with E-state index in [4.69, 9.17) is 21.1 Å². The molecule has 142 valence electrons. The molecule has 1 saturated heterocycles. The van der Waals surface area contributed by atoms with Crippen LogP contribution in [0.5, 0.6) is 5.75 Å². The molecule has 1 N–H and O–H groups in total. The SMILES string of the molecule is O=C(COc1ccccc1C(=O)N1CCOCC1)Nc1ccc(F)c(Cl)c1. The smallest absolute Gasteiger partial charge is 0.262 e. The Kier molecular flexibility index (Phi) is 6.26. The molecule has 1 aliphatic heterocycles. The molecule has 0 unspecified atom stereocenters. The van der Waals surface area contributed by atoms with Gasteiger partial charge in [-0.3, -0.25) is 9.59 Å². The van der Waals surface area contributed by atoms with Crippen molar-refractivity contribution in [2.75, 3.05) is 38.2 Å². The molecule has 0 bridgehead atoms. The molecule has 0 radical (unpaired) electrons. The van der Waals surface area contributed by atoms with Crippen molar-refractivity contribution < 1.29 is 23.5 Å². The van der Waals surface area contributed by atoms with E-state index in [0.717, 1.165) is 6.07 Å². The van der Waals surface area contributed by atoms with Crippen LogP contribution in [0.15, 0.2) is 42.5 Å². The summed E-state index contributed by atoms with van der Waals surface area (Å²) in [4.78, 5) is 26.4. The number of hydrogen-bond acceptors (Lipinski definition) is 4. The van der Waals surface area contributed by atoms with Gasteiger partial charge in [0.2, 0.25) is 0 Å². The van der Waals surface area contributed by atoms with Crippen molar-refractivity contribution in [2.24, 2.45) is 0 Å². The summed E-state index contributed by atoms with van der Waals surface area (Å²) < 4.78 is 24.0. The van der Waals surface area contributed by atoms with Crippen LogP contribution in [0.4, 0.5) is 10.1 Å². The van der Waals surface area contributed by atoms with E-state index in [-0.39, 0.29) is 17.5 Å². The molecule has 0 saturated carbocycles. The molecular formula is C19H18ClFN2O4. The van der Waals surface area contributed by atoms with Crippen LogP contribution in [0, 0.1) is 5.82 Å². The van der Waals surface area contributed by atoms with Crippen molar-refractivity contribution in [1.29, 1.82) is 0 Å². The number of halogens is 2. The van der Waals surface area contributed by atoms with E-state index in [1.54, 1.807) is 29.2 Å². The maximum atomic E-state index is 13.2. The summed E-state index contributed by atoms with van der Waals surface area (Å²) in [5.41, 5.74) is 0.740. The van der Waals surface area contributed by atoms with E-state index in [9.17, 15) is 14.0 Å². The van der Waals surface area contributed by atoms with Crippen LogP contribution in [-0.2, 0) is 9.53 Å². The normalized spacial score (nSPS) is 13.9. The number of nitrogens with zero attached hydrogens (tertiary/aromatic N) is 1. The predicted octanol–water partition coefficient (Wildman–Crippen LogP) is 2.97. The molecular weight excluding hydrogens is 375 g/mol. The number of para-hydroxylation sites is 1. The summed E-state index contributed by atoms with van der Waals surface area (Å²) in [5.74, 6) is -0.867. The van der Waals surface area contributed by atoms with Gasteiger partial charge in [-0.25, -0.2) is 4.39 Å². The number of nitrogens with one attached hydrogen (secondary N) is 1. The summed E-state index contributed by atoms with van der Waals surface area (Å²) in [7, 11) is 0. The molecule has 1 fully saturated rings. The Morgan fingerprint density at radius 3 is 2.67 bits per heavy atom. The van der Waals surface area contributed by atoms with Gasteiger partial charge < -0.3 is 19.7 Å². The third-order valence-corrected chi connectivity index (χ3v) is 4.27. The Hall–Kier alpha value is -2.64. The standard InChI is InChI=1S/C19H18ClFN2O4/c20-15-11-13(5-6-16(15)21)22-18(24)12-27-17-4-2-1-3-14(17)19(25)23-7-9-26-10-8-23/h1-6,11H,7-10,12H2,(H,22,24). The van der Waals surface area contributed by atoms with Crippen molar-refractivity contribution in [3.63, 3.8) is 0 Å². The molecule has 3 rings (SSSR count). The molecule has 0 atom stereocenters. The molecule has 2 aromatic carbocycles. The largest absolute Gasteiger partial charge is 0.483 e. The predicted molar refractivity (Wildman–Crippen MR) is 98.7 cm³/mol. The Morgan fingerprint density at radius 1 is 1.19 bits per heavy atom.